The van der Waals surface area contributed by atoms with Crippen molar-refractivity contribution in [2.45, 2.75) is 6.04 Å². The predicted molar refractivity (Wildman–Crippen MR) is 104 cm³/mol. The van der Waals surface area contributed by atoms with Gasteiger partial charge in [-0.05, 0) is 24.3 Å². The monoisotopic (exact) mass is 384 g/mol. The number of ether oxygens (including phenoxy) is 1. The molecule has 0 aliphatic carbocycles. The normalized spacial score (nSPS) is 15.1. The number of aliphatic hydroxyl groups is 1. The van der Waals surface area contributed by atoms with E-state index in [-0.39, 0.29) is 5.91 Å². The van der Waals surface area contributed by atoms with Gasteiger partial charge in [-0.15, -0.1) is 0 Å². The van der Waals surface area contributed by atoms with Gasteiger partial charge in [-0.2, -0.15) is 0 Å². The van der Waals surface area contributed by atoms with E-state index in [4.69, 9.17) is 4.74 Å². The van der Waals surface area contributed by atoms with Gasteiger partial charge < -0.3 is 25.0 Å². The minimum atomic E-state index is -0.974. The molecule has 1 aliphatic heterocycles. The second kappa shape index (κ2) is 9.18. The van der Waals surface area contributed by atoms with Gasteiger partial charge in [0.1, 0.15) is 11.8 Å². The van der Waals surface area contributed by atoms with Crippen LogP contribution in [0.4, 0.5) is 5.69 Å². The third kappa shape index (κ3) is 4.40. The minimum absolute atomic E-state index is 0.287. The third-order valence-electron chi connectivity index (χ3n) is 4.75. The number of nitrogens with zero attached hydrogens (tertiary/aromatic N) is 3. The number of nitrogens with one attached hydrogen (secondary N) is 1. The summed E-state index contributed by atoms with van der Waals surface area (Å²) in [6.07, 6.45) is 3.00. The summed E-state index contributed by atoms with van der Waals surface area (Å²) in [5.74, 6) is 0.0900. The highest BCUT2D eigenvalue weighted by molar-refractivity contribution is 5.97. The van der Waals surface area contributed by atoms with Crippen LogP contribution in [0.3, 0.4) is 0 Å². The van der Waals surface area contributed by atoms with Crippen LogP contribution in [-0.2, 0) is 4.79 Å². The van der Waals surface area contributed by atoms with Crippen molar-refractivity contribution in [3.63, 3.8) is 0 Å². The van der Waals surface area contributed by atoms with Gasteiger partial charge in [0, 0.05) is 44.1 Å². The number of methoxy groups -OCH3 is 1. The number of para-hydroxylation sites is 2. The van der Waals surface area contributed by atoms with Gasteiger partial charge in [0.05, 0.1) is 19.4 Å². The highest BCUT2D eigenvalue weighted by atomic mass is 16.5. The Kier molecular flexibility index (Phi) is 6.44. The predicted octanol–water partition coefficient (Wildman–Crippen LogP) is 0.530. The number of carbonyl (C=O) groups is 2. The maximum Gasteiger partial charge on any atom is 0.252 e. The first-order valence-corrected chi connectivity index (χ1v) is 9.12. The summed E-state index contributed by atoms with van der Waals surface area (Å²) in [5, 5.41) is 12.2. The Hall–Kier alpha value is -3.13. The molecule has 8 nitrogen and oxygen atoms in total. The second-order valence-electron chi connectivity index (χ2n) is 6.43. The van der Waals surface area contributed by atoms with Crippen molar-refractivity contribution < 1.29 is 19.4 Å². The molecule has 1 atom stereocenters. The molecule has 1 aromatic heterocycles. The first-order valence-electron chi connectivity index (χ1n) is 9.12. The van der Waals surface area contributed by atoms with Crippen LogP contribution in [0.2, 0.25) is 0 Å². The smallest absolute Gasteiger partial charge is 0.252 e. The number of benzene rings is 1. The summed E-state index contributed by atoms with van der Waals surface area (Å²) in [7, 11) is 1.63. The molecule has 0 radical (unpaired) electrons. The van der Waals surface area contributed by atoms with Crippen molar-refractivity contribution in [1.82, 2.24) is 15.2 Å². The van der Waals surface area contributed by atoms with E-state index in [1.807, 2.05) is 24.3 Å². The summed E-state index contributed by atoms with van der Waals surface area (Å²) in [6.45, 7) is 1.82. The molecule has 1 fully saturated rings. The van der Waals surface area contributed by atoms with E-state index in [1.165, 1.54) is 12.4 Å². The Morgan fingerprint density at radius 1 is 1.14 bits per heavy atom. The van der Waals surface area contributed by atoms with Crippen molar-refractivity contribution in [1.29, 1.82) is 0 Å². The van der Waals surface area contributed by atoms with Gasteiger partial charge in [0.2, 0.25) is 5.91 Å². The Labute approximate surface area is 163 Å². The van der Waals surface area contributed by atoms with E-state index in [0.29, 0.717) is 31.7 Å². The Morgan fingerprint density at radius 3 is 2.46 bits per heavy atom. The number of carbonyl (C=O) groups excluding carboxylic acids is 2. The Bertz CT molecular complexity index is 807. The number of amides is 2. The molecule has 2 heterocycles. The maximum atomic E-state index is 12.8. The van der Waals surface area contributed by atoms with E-state index in [9.17, 15) is 14.7 Å². The van der Waals surface area contributed by atoms with Crippen LogP contribution in [0.25, 0.3) is 0 Å². The molecule has 8 heteroatoms. The van der Waals surface area contributed by atoms with E-state index >= 15 is 0 Å². The van der Waals surface area contributed by atoms with Gasteiger partial charge >= 0.3 is 0 Å². The summed E-state index contributed by atoms with van der Waals surface area (Å²) >= 11 is 0. The van der Waals surface area contributed by atoms with Crippen LogP contribution < -0.4 is 15.0 Å². The fourth-order valence-electron chi connectivity index (χ4n) is 3.21. The fourth-order valence-corrected chi connectivity index (χ4v) is 3.21. The first-order chi connectivity index (χ1) is 13.6. The first kappa shape index (κ1) is 19.6. The molecule has 148 valence electrons. The van der Waals surface area contributed by atoms with Crippen molar-refractivity contribution >= 4 is 17.5 Å². The molecule has 0 unspecified atom stereocenters. The fraction of sp³-hybridized carbons (Fsp3) is 0.350. The largest absolute Gasteiger partial charge is 0.495 e. The van der Waals surface area contributed by atoms with Crippen molar-refractivity contribution in [3.05, 3.63) is 54.4 Å². The molecule has 0 saturated carbocycles. The van der Waals surface area contributed by atoms with Crippen LogP contribution in [0.1, 0.15) is 10.4 Å². The molecular formula is C20H24N4O4. The zero-order valence-corrected chi connectivity index (χ0v) is 15.7. The zero-order chi connectivity index (χ0) is 19.9. The number of anilines is 1. The van der Waals surface area contributed by atoms with Crippen molar-refractivity contribution in [3.8, 4) is 5.75 Å². The lowest BCUT2D eigenvalue weighted by Gasteiger charge is -2.37. The van der Waals surface area contributed by atoms with Crippen LogP contribution in [0, 0.1) is 0 Å². The van der Waals surface area contributed by atoms with Crippen LogP contribution in [-0.4, -0.2) is 72.7 Å². The van der Waals surface area contributed by atoms with Gasteiger partial charge in [-0.1, -0.05) is 12.1 Å². The topological polar surface area (TPSA) is 95.0 Å². The average Bonchev–Trinajstić information content (AvgIpc) is 2.77. The lowest BCUT2D eigenvalue weighted by atomic mass is 10.2. The maximum absolute atomic E-state index is 12.8. The van der Waals surface area contributed by atoms with Gasteiger partial charge in [0.25, 0.3) is 5.91 Å². The number of pyridine rings is 1. The number of aromatic nitrogens is 1. The highest BCUT2D eigenvalue weighted by Gasteiger charge is 2.29. The number of hydrogen-bond donors (Lipinski definition) is 2. The summed E-state index contributed by atoms with van der Waals surface area (Å²) < 4.78 is 5.41. The number of piperazine rings is 1. The van der Waals surface area contributed by atoms with E-state index in [2.05, 4.69) is 15.2 Å². The van der Waals surface area contributed by atoms with E-state index < -0.39 is 18.6 Å². The van der Waals surface area contributed by atoms with Crippen molar-refractivity contribution in [2.24, 2.45) is 0 Å². The zero-order valence-electron chi connectivity index (χ0n) is 15.7. The van der Waals surface area contributed by atoms with Gasteiger partial charge in [-0.25, -0.2) is 0 Å². The van der Waals surface area contributed by atoms with E-state index in [0.717, 1.165) is 11.4 Å². The molecule has 2 aromatic rings. The van der Waals surface area contributed by atoms with Crippen LogP contribution in [0.15, 0.2) is 48.8 Å². The third-order valence-corrected chi connectivity index (χ3v) is 4.75. The number of hydrogen-bond acceptors (Lipinski definition) is 6. The minimum Gasteiger partial charge on any atom is -0.495 e. The molecule has 1 aromatic carbocycles. The SMILES string of the molecule is COc1ccccc1N1CCN(C(=O)[C@H](CO)NC(=O)c2ccncc2)CC1. The van der Waals surface area contributed by atoms with Crippen LogP contribution in [0.5, 0.6) is 5.75 Å². The lowest BCUT2D eigenvalue weighted by Crippen LogP contribution is -2.56. The van der Waals surface area contributed by atoms with E-state index in [1.54, 1.807) is 24.1 Å². The summed E-state index contributed by atoms with van der Waals surface area (Å²) in [6, 6.07) is 9.90. The Morgan fingerprint density at radius 2 is 1.82 bits per heavy atom. The average molecular weight is 384 g/mol. The van der Waals surface area contributed by atoms with Crippen LogP contribution >= 0.6 is 0 Å². The molecular weight excluding hydrogens is 360 g/mol. The number of aliphatic hydroxyl groups excluding tert-OH is 1. The Balaban J connectivity index is 1.59. The van der Waals surface area contributed by atoms with Gasteiger partial charge in [-0.3, -0.25) is 14.6 Å². The highest BCUT2D eigenvalue weighted by Crippen LogP contribution is 2.28. The standard InChI is InChI=1S/C20H24N4O4/c1-28-18-5-3-2-4-17(18)23-10-12-24(13-11-23)20(27)16(14-25)22-19(26)15-6-8-21-9-7-15/h2-9,16,25H,10-14H2,1H3,(H,22,26)/t16-/m0/s1. The van der Waals surface area contributed by atoms with Crippen molar-refractivity contribution in [2.75, 3.05) is 44.8 Å². The summed E-state index contributed by atoms with van der Waals surface area (Å²) in [4.78, 5) is 32.7. The lowest BCUT2D eigenvalue weighted by molar-refractivity contribution is -0.134. The molecule has 0 spiro atoms. The molecule has 1 aliphatic rings. The summed E-state index contributed by atoms with van der Waals surface area (Å²) in [5.41, 5.74) is 1.38. The molecule has 3 rings (SSSR count). The second-order valence-corrected chi connectivity index (χ2v) is 6.43. The number of rotatable bonds is 6. The van der Waals surface area contributed by atoms with Gasteiger partial charge in [0.15, 0.2) is 0 Å². The molecule has 0 bridgehead atoms. The molecule has 28 heavy (non-hydrogen) atoms. The molecule has 2 N–H and O–H groups in total. The molecule has 1 saturated heterocycles. The quantitative estimate of drug-likeness (QED) is 0.755. The molecule has 2 amide bonds.